The molecule has 20 heavy (non-hydrogen) atoms. The fourth-order valence-electron chi connectivity index (χ4n) is 2.40. The van der Waals surface area contributed by atoms with E-state index < -0.39 is 0 Å². The monoisotopic (exact) mass is 268 g/mol. The van der Waals surface area contributed by atoms with E-state index in [1.807, 2.05) is 32.0 Å². The summed E-state index contributed by atoms with van der Waals surface area (Å²) in [5.74, 6) is 0.608. The second kappa shape index (κ2) is 4.89. The highest BCUT2D eigenvalue weighted by molar-refractivity contribution is 5.98. The van der Waals surface area contributed by atoms with Crippen LogP contribution in [0.25, 0.3) is 10.9 Å². The van der Waals surface area contributed by atoms with Crippen molar-refractivity contribution in [3.05, 3.63) is 59.2 Å². The number of amides is 1. The second-order valence-electron chi connectivity index (χ2n) is 4.99. The molecule has 0 fully saturated rings. The molecule has 0 unspecified atom stereocenters. The standard InChI is InChI=1S/C16H16N2O2/c1-10-6-11(2)13-8-15(18-14(13)7-10)16(19)17-9-12-4-3-5-20-12/h3-8,18H,9H2,1-2H3,(H,17,19). The van der Waals surface area contributed by atoms with Gasteiger partial charge in [-0.25, -0.2) is 0 Å². The number of hydrogen-bond donors (Lipinski definition) is 2. The molecule has 102 valence electrons. The average molecular weight is 268 g/mol. The Balaban J connectivity index is 1.83. The van der Waals surface area contributed by atoms with Crippen LogP contribution < -0.4 is 5.32 Å². The number of nitrogens with one attached hydrogen (secondary N) is 2. The molecular formula is C16H16N2O2. The fraction of sp³-hybridized carbons (Fsp3) is 0.188. The van der Waals surface area contributed by atoms with Crippen LogP contribution in [0, 0.1) is 13.8 Å². The van der Waals surface area contributed by atoms with Crippen LogP contribution >= 0.6 is 0 Å². The molecule has 0 spiro atoms. The number of carbonyl (C=O) groups is 1. The summed E-state index contributed by atoms with van der Waals surface area (Å²) >= 11 is 0. The molecule has 1 aromatic carbocycles. The van der Waals surface area contributed by atoms with Gasteiger partial charge in [-0.15, -0.1) is 0 Å². The number of furan rings is 1. The van der Waals surface area contributed by atoms with Crippen LogP contribution in [0.2, 0.25) is 0 Å². The van der Waals surface area contributed by atoms with Crippen molar-refractivity contribution in [1.29, 1.82) is 0 Å². The van der Waals surface area contributed by atoms with Gasteiger partial charge < -0.3 is 14.7 Å². The minimum absolute atomic E-state index is 0.130. The number of aromatic amines is 1. The quantitative estimate of drug-likeness (QED) is 0.765. The van der Waals surface area contributed by atoms with Crippen molar-refractivity contribution in [2.75, 3.05) is 0 Å². The highest BCUT2D eigenvalue weighted by Gasteiger charge is 2.11. The lowest BCUT2D eigenvalue weighted by atomic mass is 10.1. The SMILES string of the molecule is Cc1cc(C)c2cc(C(=O)NCc3ccco3)[nH]c2c1. The van der Waals surface area contributed by atoms with Crippen LogP contribution in [0.3, 0.4) is 0 Å². The van der Waals surface area contributed by atoms with Crippen LogP contribution in [0.4, 0.5) is 0 Å². The van der Waals surface area contributed by atoms with E-state index in [0.29, 0.717) is 12.2 Å². The minimum atomic E-state index is -0.130. The van der Waals surface area contributed by atoms with Gasteiger partial charge in [0.2, 0.25) is 0 Å². The van der Waals surface area contributed by atoms with Crippen molar-refractivity contribution in [3.63, 3.8) is 0 Å². The van der Waals surface area contributed by atoms with E-state index in [9.17, 15) is 4.79 Å². The van der Waals surface area contributed by atoms with E-state index in [2.05, 4.69) is 16.4 Å². The summed E-state index contributed by atoms with van der Waals surface area (Å²) < 4.78 is 5.19. The molecule has 1 amide bonds. The molecule has 0 aliphatic heterocycles. The van der Waals surface area contributed by atoms with Gasteiger partial charge in [0.05, 0.1) is 12.8 Å². The maximum Gasteiger partial charge on any atom is 0.268 e. The van der Waals surface area contributed by atoms with Crippen LogP contribution in [-0.4, -0.2) is 10.9 Å². The van der Waals surface area contributed by atoms with Crippen molar-refractivity contribution >= 4 is 16.8 Å². The second-order valence-corrected chi connectivity index (χ2v) is 4.99. The van der Waals surface area contributed by atoms with Gasteiger partial charge in [-0.2, -0.15) is 0 Å². The molecule has 0 saturated heterocycles. The van der Waals surface area contributed by atoms with Gasteiger partial charge in [-0.3, -0.25) is 4.79 Å². The molecule has 2 aromatic heterocycles. The lowest BCUT2D eigenvalue weighted by Gasteiger charge is -2.00. The number of aryl methyl sites for hydroxylation is 2. The molecule has 2 heterocycles. The lowest BCUT2D eigenvalue weighted by Crippen LogP contribution is -2.22. The molecule has 4 heteroatoms. The summed E-state index contributed by atoms with van der Waals surface area (Å²) in [6.07, 6.45) is 1.59. The minimum Gasteiger partial charge on any atom is -0.467 e. The molecule has 0 radical (unpaired) electrons. The predicted molar refractivity (Wildman–Crippen MR) is 77.7 cm³/mol. The van der Waals surface area contributed by atoms with Crippen LogP contribution in [0.15, 0.2) is 41.0 Å². The summed E-state index contributed by atoms with van der Waals surface area (Å²) in [7, 11) is 0. The van der Waals surface area contributed by atoms with Crippen molar-refractivity contribution < 1.29 is 9.21 Å². The first-order chi connectivity index (χ1) is 9.63. The molecule has 4 nitrogen and oxygen atoms in total. The maximum absolute atomic E-state index is 12.1. The number of carbonyl (C=O) groups excluding carboxylic acids is 1. The summed E-state index contributed by atoms with van der Waals surface area (Å²) in [6, 6.07) is 9.68. The lowest BCUT2D eigenvalue weighted by molar-refractivity contribution is 0.0944. The number of benzene rings is 1. The number of H-pyrrole nitrogens is 1. The van der Waals surface area contributed by atoms with Gasteiger partial charge in [-0.1, -0.05) is 6.07 Å². The van der Waals surface area contributed by atoms with Crippen LogP contribution in [0.5, 0.6) is 0 Å². The van der Waals surface area contributed by atoms with Crippen molar-refractivity contribution in [3.8, 4) is 0 Å². The zero-order valence-corrected chi connectivity index (χ0v) is 11.5. The summed E-state index contributed by atoms with van der Waals surface area (Å²) in [6.45, 7) is 4.48. The number of fused-ring (bicyclic) bond motifs is 1. The molecule has 0 saturated carbocycles. The zero-order chi connectivity index (χ0) is 14.1. The van der Waals surface area contributed by atoms with Crippen molar-refractivity contribution in [1.82, 2.24) is 10.3 Å². The molecular weight excluding hydrogens is 252 g/mol. The van der Waals surface area contributed by atoms with Crippen molar-refractivity contribution in [2.45, 2.75) is 20.4 Å². The maximum atomic E-state index is 12.1. The Labute approximate surface area is 116 Å². The molecule has 3 rings (SSSR count). The van der Waals surface area contributed by atoms with Crippen LogP contribution in [0.1, 0.15) is 27.4 Å². The van der Waals surface area contributed by atoms with Gasteiger partial charge in [0.25, 0.3) is 5.91 Å². The Kier molecular flexibility index (Phi) is 3.06. The van der Waals surface area contributed by atoms with Gasteiger partial charge >= 0.3 is 0 Å². The third-order valence-corrected chi connectivity index (χ3v) is 3.34. The third-order valence-electron chi connectivity index (χ3n) is 3.34. The van der Waals surface area contributed by atoms with E-state index >= 15 is 0 Å². The fourth-order valence-corrected chi connectivity index (χ4v) is 2.40. The molecule has 3 aromatic rings. The number of aromatic nitrogens is 1. The summed E-state index contributed by atoms with van der Waals surface area (Å²) in [4.78, 5) is 15.3. The first kappa shape index (κ1) is 12.5. The van der Waals surface area contributed by atoms with E-state index in [4.69, 9.17) is 4.42 Å². The Bertz CT molecular complexity index is 754. The normalized spacial score (nSPS) is 10.9. The van der Waals surface area contributed by atoms with Gasteiger partial charge in [0.1, 0.15) is 11.5 Å². The highest BCUT2D eigenvalue weighted by Crippen LogP contribution is 2.21. The van der Waals surface area contributed by atoms with E-state index in [0.717, 1.165) is 16.7 Å². The molecule has 0 bridgehead atoms. The summed E-state index contributed by atoms with van der Waals surface area (Å²) in [5.41, 5.74) is 3.91. The van der Waals surface area contributed by atoms with E-state index in [1.165, 1.54) is 11.1 Å². The highest BCUT2D eigenvalue weighted by atomic mass is 16.3. The van der Waals surface area contributed by atoms with E-state index in [1.54, 1.807) is 12.3 Å². The summed E-state index contributed by atoms with van der Waals surface area (Å²) in [5, 5.41) is 3.91. The predicted octanol–water partition coefficient (Wildman–Crippen LogP) is 3.31. The topological polar surface area (TPSA) is 58.0 Å². The third kappa shape index (κ3) is 2.32. The number of hydrogen-bond acceptors (Lipinski definition) is 2. The largest absolute Gasteiger partial charge is 0.467 e. The zero-order valence-electron chi connectivity index (χ0n) is 11.5. The van der Waals surface area contributed by atoms with Gasteiger partial charge in [0, 0.05) is 10.9 Å². The molecule has 0 aliphatic carbocycles. The van der Waals surface area contributed by atoms with Crippen LogP contribution in [-0.2, 0) is 6.54 Å². The number of rotatable bonds is 3. The Morgan fingerprint density at radius 3 is 2.90 bits per heavy atom. The van der Waals surface area contributed by atoms with Gasteiger partial charge in [-0.05, 0) is 49.2 Å². The first-order valence-corrected chi connectivity index (χ1v) is 6.54. The molecule has 0 atom stereocenters. The van der Waals surface area contributed by atoms with Crippen molar-refractivity contribution in [2.24, 2.45) is 0 Å². The first-order valence-electron chi connectivity index (χ1n) is 6.54. The smallest absolute Gasteiger partial charge is 0.268 e. The molecule has 2 N–H and O–H groups in total. The Morgan fingerprint density at radius 1 is 1.30 bits per heavy atom. The average Bonchev–Trinajstić information content (AvgIpc) is 3.04. The van der Waals surface area contributed by atoms with Gasteiger partial charge in [0.15, 0.2) is 0 Å². The van der Waals surface area contributed by atoms with E-state index in [-0.39, 0.29) is 5.91 Å². The Hall–Kier alpha value is -2.49. The molecule has 0 aliphatic rings. The Morgan fingerprint density at radius 2 is 2.15 bits per heavy atom.